The topological polar surface area (TPSA) is 108 Å². The summed E-state index contributed by atoms with van der Waals surface area (Å²) in [7, 11) is 2.90. The van der Waals surface area contributed by atoms with Gasteiger partial charge in [-0.25, -0.2) is 13.2 Å². The van der Waals surface area contributed by atoms with Crippen LogP contribution < -0.4 is 26.9 Å². The average Bonchev–Trinajstić information content (AvgIpc) is 2.69. The van der Waals surface area contributed by atoms with Crippen molar-refractivity contribution in [1.82, 2.24) is 4.90 Å². The predicted molar refractivity (Wildman–Crippen MR) is 110 cm³/mol. The van der Waals surface area contributed by atoms with E-state index in [1.54, 1.807) is 0 Å². The number of carbonyl (C=O) groups is 1. The van der Waals surface area contributed by atoms with Crippen LogP contribution in [0.4, 0.5) is 16.2 Å². The van der Waals surface area contributed by atoms with Gasteiger partial charge in [0.05, 0.1) is 58.0 Å². The van der Waals surface area contributed by atoms with Gasteiger partial charge in [-0.05, 0) is 19.2 Å². The molecule has 1 aromatic carbocycles. The maximum atomic E-state index is 12.6. The van der Waals surface area contributed by atoms with E-state index in [4.69, 9.17) is 4.74 Å². The summed E-state index contributed by atoms with van der Waals surface area (Å²) < 4.78 is 35.9. The highest BCUT2D eigenvalue weighted by Crippen LogP contribution is 2.30. The summed E-state index contributed by atoms with van der Waals surface area (Å²) in [6.07, 6.45) is -0.247. The quantitative estimate of drug-likeness (QED) is 0.343. The van der Waals surface area contributed by atoms with Crippen LogP contribution in [-0.4, -0.2) is 95.9 Å². The number of benzene rings is 1. The van der Waals surface area contributed by atoms with Crippen LogP contribution in [0.1, 0.15) is 6.42 Å². The van der Waals surface area contributed by atoms with Crippen molar-refractivity contribution in [2.75, 3.05) is 76.6 Å². The third kappa shape index (κ3) is 6.88. The zero-order chi connectivity index (χ0) is 21.7. The van der Waals surface area contributed by atoms with Crippen molar-refractivity contribution in [3.8, 4) is 5.75 Å². The Morgan fingerprint density at radius 3 is 2.50 bits per heavy atom. The van der Waals surface area contributed by atoms with Crippen molar-refractivity contribution in [2.24, 2.45) is 0 Å². The van der Waals surface area contributed by atoms with E-state index in [1.807, 2.05) is 0 Å². The third-order valence-electron chi connectivity index (χ3n) is 5.23. The Morgan fingerprint density at radius 2 is 1.93 bits per heavy atom. The fourth-order valence-electron chi connectivity index (χ4n) is 3.21. The van der Waals surface area contributed by atoms with Crippen LogP contribution >= 0.6 is 0 Å². The number of sulfonamides is 1. The van der Waals surface area contributed by atoms with Crippen LogP contribution in [0, 0.1) is 0 Å². The molecule has 12 heteroatoms. The molecule has 0 bridgehead atoms. The zero-order valence-electron chi connectivity index (χ0n) is 17.8. The van der Waals surface area contributed by atoms with Crippen molar-refractivity contribution in [2.45, 2.75) is 6.42 Å². The molecular weight excluding hydrogens is 436 g/mol. The number of rotatable bonds is 8. The number of amides is 1. The van der Waals surface area contributed by atoms with Gasteiger partial charge >= 0.3 is 6.09 Å². The molecule has 1 aliphatic rings. The van der Waals surface area contributed by atoms with Crippen LogP contribution in [0.25, 0.3) is 0 Å². The lowest BCUT2D eigenvalue weighted by atomic mass is 10.2. The molecule has 1 aromatic rings. The summed E-state index contributed by atoms with van der Waals surface area (Å²) in [5.41, 5.74) is 0.318. The Balaban J connectivity index is 0.00000450. The number of anilines is 2. The number of methoxy groups -OCH3 is 2. The summed E-state index contributed by atoms with van der Waals surface area (Å²) in [5.74, 6) is 0.0233. The van der Waals surface area contributed by atoms with Crippen molar-refractivity contribution in [3.63, 3.8) is 0 Å². The van der Waals surface area contributed by atoms with Crippen molar-refractivity contribution in [3.05, 3.63) is 18.2 Å². The molecule has 10 nitrogen and oxygen atoms in total. The van der Waals surface area contributed by atoms with Gasteiger partial charge in [-0.3, -0.25) is 15.4 Å². The minimum atomic E-state index is -3.92. The molecule has 1 fully saturated rings. The number of quaternary nitrogens is 1. The van der Waals surface area contributed by atoms with E-state index in [1.165, 1.54) is 32.4 Å². The van der Waals surface area contributed by atoms with Gasteiger partial charge < -0.3 is 26.4 Å². The van der Waals surface area contributed by atoms with Crippen molar-refractivity contribution < 1.29 is 44.8 Å². The van der Waals surface area contributed by atoms with E-state index in [2.05, 4.69) is 29.0 Å². The standard InChI is InChI=1S/C18H30N4O6S.ClH/c1-20-8-11-22(2,12-9-20)10-5-13-29(25,26)21(24)15-6-7-16(17(14-15)27-3)19-18(23)28-4;/h6-7,14,24H,5,8-13H2,1-4H3;1H. The Kier molecular flexibility index (Phi) is 9.63. The average molecular weight is 467 g/mol. The highest BCUT2D eigenvalue weighted by Gasteiger charge is 2.29. The van der Waals surface area contributed by atoms with Gasteiger partial charge in [-0.15, -0.1) is 4.47 Å². The van der Waals surface area contributed by atoms with E-state index in [-0.39, 0.29) is 34.1 Å². The van der Waals surface area contributed by atoms with Gasteiger partial charge in [0.2, 0.25) is 0 Å². The first-order valence-corrected chi connectivity index (χ1v) is 11.0. The minimum Gasteiger partial charge on any atom is -1.00 e. The van der Waals surface area contributed by atoms with Crippen LogP contribution in [0.15, 0.2) is 18.2 Å². The van der Waals surface area contributed by atoms with Gasteiger partial charge in [0.15, 0.2) is 0 Å². The number of hydrogen-bond donors (Lipinski definition) is 2. The number of carbonyl (C=O) groups excluding carboxylic acids is 1. The Labute approximate surface area is 184 Å². The van der Waals surface area contributed by atoms with Crippen molar-refractivity contribution >= 4 is 27.5 Å². The molecule has 0 radical (unpaired) electrons. The van der Waals surface area contributed by atoms with E-state index in [0.29, 0.717) is 12.1 Å². The van der Waals surface area contributed by atoms with E-state index < -0.39 is 16.1 Å². The number of halogens is 1. The predicted octanol–water partition coefficient (Wildman–Crippen LogP) is -1.81. The molecule has 0 aromatic heterocycles. The maximum absolute atomic E-state index is 12.6. The molecule has 0 spiro atoms. The third-order valence-corrected chi connectivity index (χ3v) is 6.78. The lowest BCUT2D eigenvalue weighted by Crippen LogP contribution is -3.00. The summed E-state index contributed by atoms with van der Waals surface area (Å²) >= 11 is 0. The van der Waals surface area contributed by atoms with Crippen LogP contribution in [0.5, 0.6) is 5.75 Å². The molecule has 0 saturated carbocycles. The second kappa shape index (κ2) is 11.0. The van der Waals surface area contributed by atoms with Crippen LogP contribution in [0.3, 0.4) is 0 Å². The van der Waals surface area contributed by atoms with Crippen LogP contribution in [-0.2, 0) is 14.8 Å². The van der Waals surface area contributed by atoms with E-state index in [9.17, 15) is 18.4 Å². The Hall–Kier alpha value is -1.79. The normalized spacial score (nSPS) is 16.3. The number of ether oxygens (including phenoxy) is 2. The number of hydrogen-bond acceptors (Lipinski definition) is 7. The molecule has 1 saturated heterocycles. The van der Waals surface area contributed by atoms with Gasteiger partial charge in [0, 0.05) is 25.6 Å². The largest absolute Gasteiger partial charge is 1.00 e. The molecule has 0 unspecified atom stereocenters. The van der Waals surface area contributed by atoms with Gasteiger partial charge in [0.1, 0.15) is 5.75 Å². The molecule has 1 amide bonds. The summed E-state index contributed by atoms with van der Waals surface area (Å²) in [5, 5.41) is 12.7. The first-order chi connectivity index (χ1) is 13.6. The first kappa shape index (κ1) is 26.2. The molecule has 1 heterocycles. The highest BCUT2D eigenvalue weighted by molar-refractivity contribution is 7.92. The number of nitrogens with zero attached hydrogens (tertiary/aromatic N) is 3. The summed E-state index contributed by atoms with van der Waals surface area (Å²) in [6, 6.07) is 4.14. The molecule has 2 N–H and O–H groups in total. The second-order valence-electron chi connectivity index (χ2n) is 7.51. The summed E-state index contributed by atoms with van der Waals surface area (Å²) in [6.45, 7) is 4.66. The van der Waals surface area contributed by atoms with Gasteiger partial charge in [-0.1, -0.05) is 0 Å². The Morgan fingerprint density at radius 1 is 1.30 bits per heavy atom. The minimum absolute atomic E-state index is 0. The smallest absolute Gasteiger partial charge is 0.411 e. The number of likely N-dealkylation sites (N-methyl/N-ethyl adjacent to an activating group) is 2. The Bertz CT molecular complexity index is 815. The van der Waals surface area contributed by atoms with Crippen molar-refractivity contribution in [1.29, 1.82) is 0 Å². The molecule has 30 heavy (non-hydrogen) atoms. The molecule has 172 valence electrons. The van der Waals surface area contributed by atoms with E-state index in [0.717, 1.165) is 37.2 Å². The zero-order valence-corrected chi connectivity index (χ0v) is 19.4. The molecule has 1 aliphatic heterocycles. The SMILES string of the molecule is COC(=O)Nc1ccc(N(O)S(=O)(=O)CCC[N+]2(C)CCN(C)CC2)cc1OC.[Cl-]. The fourth-order valence-corrected chi connectivity index (χ4v) is 4.31. The first-order valence-electron chi connectivity index (χ1n) is 9.37. The lowest BCUT2D eigenvalue weighted by molar-refractivity contribution is -0.913. The summed E-state index contributed by atoms with van der Waals surface area (Å²) in [4.78, 5) is 13.6. The maximum Gasteiger partial charge on any atom is 0.411 e. The molecule has 0 aliphatic carbocycles. The van der Waals surface area contributed by atoms with Crippen LogP contribution in [0.2, 0.25) is 0 Å². The lowest BCUT2D eigenvalue weighted by Gasteiger charge is -2.41. The molecular formula is C18H31ClN4O6S. The molecule has 2 rings (SSSR count). The number of nitrogens with one attached hydrogen (secondary N) is 1. The van der Waals surface area contributed by atoms with E-state index >= 15 is 0 Å². The monoisotopic (exact) mass is 466 g/mol. The van der Waals surface area contributed by atoms with Gasteiger partial charge in [-0.2, -0.15) is 0 Å². The highest BCUT2D eigenvalue weighted by atomic mass is 35.5. The number of piperazine rings is 1. The second-order valence-corrected chi connectivity index (χ2v) is 9.43. The fraction of sp³-hybridized carbons (Fsp3) is 0.611. The molecule has 0 atom stereocenters. The van der Waals surface area contributed by atoms with Gasteiger partial charge in [0.25, 0.3) is 10.0 Å².